The Morgan fingerprint density at radius 1 is 1.75 bits per heavy atom. The first-order valence-electron chi connectivity index (χ1n) is 3.81. The second kappa shape index (κ2) is 3.38. The van der Waals surface area contributed by atoms with Crippen LogP contribution in [0.1, 0.15) is 24.3 Å². The molecule has 12 heavy (non-hydrogen) atoms. The standard InChI is InChI=1S/C8H12N2O2/c1-4-10-5-7(12-3)8(9-10)6(2)11/h5H,4H2,1-3H3. The molecule has 0 N–H and O–H groups in total. The van der Waals surface area contributed by atoms with Crippen molar-refractivity contribution in [2.75, 3.05) is 7.11 Å². The maximum Gasteiger partial charge on any atom is 0.183 e. The van der Waals surface area contributed by atoms with Crippen molar-refractivity contribution >= 4 is 5.78 Å². The van der Waals surface area contributed by atoms with Crippen molar-refractivity contribution in [2.45, 2.75) is 20.4 Å². The molecular formula is C8H12N2O2. The molecule has 0 aliphatic rings. The Labute approximate surface area is 71.1 Å². The number of carbonyl (C=O) groups is 1. The first-order valence-corrected chi connectivity index (χ1v) is 3.81. The molecule has 0 unspecified atom stereocenters. The molecule has 4 heteroatoms. The number of hydrogen-bond donors (Lipinski definition) is 0. The lowest BCUT2D eigenvalue weighted by molar-refractivity contribution is 0.100. The fourth-order valence-electron chi connectivity index (χ4n) is 0.958. The number of ketones is 1. The van der Waals surface area contributed by atoms with Gasteiger partial charge in [0, 0.05) is 13.5 Å². The van der Waals surface area contributed by atoms with Crippen molar-refractivity contribution in [3.05, 3.63) is 11.9 Å². The van der Waals surface area contributed by atoms with E-state index in [0.717, 1.165) is 6.54 Å². The largest absolute Gasteiger partial charge is 0.493 e. The summed E-state index contributed by atoms with van der Waals surface area (Å²) in [4.78, 5) is 11.0. The van der Waals surface area contributed by atoms with Gasteiger partial charge < -0.3 is 4.74 Å². The predicted octanol–water partition coefficient (Wildman–Crippen LogP) is 1.11. The van der Waals surface area contributed by atoms with Gasteiger partial charge in [0.15, 0.2) is 17.2 Å². The van der Waals surface area contributed by atoms with Crippen LogP contribution in [0.3, 0.4) is 0 Å². The third kappa shape index (κ3) is 1.47. The molecule has 0 fully saturated rings. The minimum absolute atomic E-state index is 0.0703. The van der Waals surface area contributed by atoms with Crippen LogP contribution in [0, 0.1) is 0 Å². The number of rotatable bonds is 3. The molecule has 1 heterocycles. The highest BCUT2D eigenvalue weighted by Crippen LogP contribution is 2.16. The van der Waals surface area contributed by atoms with E-state index in [1.54, 1.807) is 10.9 Å². The van der Waals surface area contributed by atoms with Gasteiger partial charge in [-0.1, -0.05) is 0 Å². The average molecular weight is 168 g/mol. The zero-order valence-electron chi connectivity index (χ0n) is 7.50. The molecule has 1 rings (SSSR count). The third-order valence-electron chi connectivity index (χ3n) is 1.61. The molecule has 1 aromatic heterocycles. The highest BCUT2D eigenvalue weighted by molar-refractivity contribution is 5.94. The number of hydrogen-bond acceptors (Lipinski definition) is 3. The highest BCUT2D eigenvalue weighted by atomic mass is 16.5. The summed E-state index contributed by atoms with van der Waals surface area (Å²) < 4.78 is 6.66. The first kappa shape index (κ1) is 8.77. The van der Waals surface area contributed by atoms with E-state index in [4.69, 9.17) is 4.74 Å². The molecule has 0 amide bonds. The van der Waals surface area contributed by atoms with Crippen molar-refractivity contribution in [1.29, 1.82) is 0 Å². The topological polar surface area (TPSA) is 44.1 Å². The molecule has 0 aromatic carbocycles. The van der Waals surface area contributed by atoms with Gasteiger partial charge in [-0.25, -0.2) is 0 Å². The van der Waals surface area contributed by atoms with Gasteiger partial charge in [-0.3, -0.25) is 9.48 Å². The molecule has 0 saturated carbocycles. The van der Waals surface area contributed by atoms with Crippen LogP contribution in [0.2, 0.25) is 0 Å². The Kier molecular flexibility index (Phi) is 2.47. The van der Waals surface area contributed by atoms with Crippen LogP contribution in [-0.2, 0) is 6.54 Å². The van der Waals surface area contributed by atoms with Crippen LogP contribution >= 0.6 is 0 Å². The lowest BCUT2D eigenvalue weighted by Crippen LogP contribution is -1.99. The summed E-state index contributed by atoms with van der Waals surface area (Å²) in [6, 6.07) is 0. The number of carbonyl (C=O) groups excluding carboxylic acids is 1. The summed E-state index contributed by atoms with van der Waals surface area (Å²) in [5, 5.41) is 4.04. The van der Waals surface area contributed by atoms with Gasteiger partial charge in [0.05, 0.1) is 13.3 Å². The van der Waals surface area contributed by atoms with E-state index in [1.165, 1.54) is 14.0 Å². The number of Topliss-reactive ketones (excluding diaryl/α,β-unsaturated/α-hetero) is 1. The van der Waals surface area contributed by atoms with Crippen molar-refractivity contribution in [1.82, 2.24) is 9.78 Å². The lowest BCUT2D eigenvalue weighted by atomic mass is 10.3. The van der Waals surface area contributed by atoms with E-state index >= 15 is 0 Å². The summed E-state index contributed by atoms with van der Waals surface area (Å²) in [5.41, 5.74) is 0.402. The van der Waals surface area contributed by atoms with E-state index in [1.807, 2.05) is 6.92 Å². The summed E-state index contributed by atoms with van der Waals surface area (Å²) in [6.45, 7) is 4.17. The molecule has 0 saturated heterocycles. The quantitative estimate of drug-likeness (QED) is 0.635. The van der Waals surface area contributed by atoms with Gasteiger partial charge in [-0.15, -0.1) is 0 Å². The molecule has 0 bridgehead atoms. The molecule has 0 radical (unpaired) electrons. The summed E-state index contributed by atoms with van der Waals surface area (Å²) in [7, 11) is 1.53. The Balaban J connectivity index is 3.08. The number of methoxy groups -OCH3 is 1. The van der Waals surface area contributed by atoms with E-state index < -0.39 is 0 Å². The Hall–Kier alpha value is -1.32. The van der Waals surface area contributed by atoms with Gasteiger partial charge in [0.25, 0.3) is 0 Å². The first-order chi connectivity index (χ1) is 5.69. The Morgan fingerprint density at radius 3 is 2.75 bits per heavy atom. The van der Waals surface area contributed by atoms with E-state index in [0.29, 0.717) is 11.4 Å². The van der Waals surface area contributed by atoms with Crippen molar-refractivity contribution in [3.63, 3.8) is 0 Å². The molecule has 66 valence electrons. The molecule has 0 aliphatic heterocycles. The molecular weight excluding hydrogens is 156 g/mol. The van der Waals surface area contributed by atoms with Crippen LogP contribution in [0.4, 0.5) is 0 Å². The molecule has 0 atom stereocenters. The predicted molar refractivity (Wildman–Crippen MR) is 44.5 cm³/mol. The second-order valence-corrected chi connectivity index (χ2v) is 2.46. The van der Waals surface area contributed by atoms with Crippen LogP contribution in [0.15, 0.2) is 6.20 Å². The smallest absolute Gasteiger partial charge is 0.183 e. The fraction of sp³-hybridized carbons (Fsp3) is 0.500. The Morgan fingerprint density at radius 2 is 2.42 bits per heavy atom. The summed E-state index contributed by atoms with van der Waals surface area (Å²) in [5.74, 6) is 0.475. The van der Waals surface area contributed by atoms with Crippen molar-refractivity contribution in [2.24, 2.45) is 0 Å². The molecule has 0 spiro atoms. The van der Waals surface area contributed by atoms with Crippen LogP contribution in [-0.4, -0.2) is 22.7 Å². The van der Waals surface area contributed by atoms with Crippen molar-refractivity contribution < 1.29 is 9.53 Å². The monoisotopic (exact) mass is 168 g/mol. The van der Waals surface area contributed by atoms with Gasteiger partial charge in [0.2, 0.25) is 0 Å². The highest BCUT2D eigenvalue weighted by Gasteiger charge is 2.12. The number of aryl methyl sites for hydroxylation is 1. The lowest BCUT2D eigenvalue weighted by Gasteiger charge is -1.93. The third-order valence-corrected chi connectivity index (χ3v) is 1.61. The van der Waals surface area contributed by atoms with Crippen molar-refractivity contribution in [3.8, 4) is 5.75 Å². The maximum atomic E-state index is 11.0. The van der Waals surface area contributed by atoms with Gasteiger partial charge in [0.1, 0.15) is 0 Å². The fourth-order valence-corrected chi connectivity index (χ4v) is 0.958. The van der Waals surface area contributed by atoms with Gasteiger partial charge in [-0.2, -0.15) is 5.10 Å². The zero-order valence-corrected chi connectivity index (χ0v) is 7.50. The average Bonchev–Trinajstić information content (AvgIpc) is 2.47. The number of aromatic nitrogens is 2. The second-order valence-electron chi connectivity index (χ2n) is 2.46. The molecule has 4 nitrogen and oxygen atoms in total. The maximum absolute atomic E-state index is 11.0. The zero-order chi connectivity index (χ0) is 9.14. The SMILES string of the molecule is CCn1cc(OC)c(C(C)=O)n1. The minimum atomic E-state index is -0.0703. The minimum Gasteiger partial charge on any atom is -0.493 e. The van der Waals surface area contributed by atoms with E-state index in [2.05, 4.69) is 5.10 Å². The van der Waals surface area contributed by atoms with Gasteiger partial charge in [-0.05, 0) is 6.92 Å². The van der Waals surface area contributed by atoms with Crippen LogP contribution < -0.4 is 4.74 Å². The van der Waals surface area contributed by atoms with E-state index in [9.17, 15) is 4.79 Å². The summed E-state index contributed by atoms with van der Waals surface area (Å²) in [6.07, 6.45) is 1.72. The number of ether oxygens (including phenoxy) is 1. The number of nitrogens with zero attached hydrogens (tertiary/aromatic N) is 2. The van der Waals surface area contributed by atoms with E-state index in [-0.39, 0.29) is 5.78 Å². The summed E-state index contributed by atoms with van der Waals surface area (Å²) >= 11 is 0. The molecule has 1 aromatic rings. The Bertz CT molecular complexity index is 291. The molecule has 0 aliphatic carbocycles. The van der Waals surface area contributed by atoms with Crippen LogP contribution in [0.25, 0.3) is 0 Å². The normalized spacial score (nSPS) is 9.92. The van der Waals surface area contributed by atoms with Crippen LogP contribution in [0.5, 0.6) is 5.75 Å². The van der Waals surface area contributed by atoms with Gasteiger partial charge >= 0.3 is 0 Å².